The SMILES string of the molecule is Cc1cnnn1CC1CC[C@@H]2[C@@H]1OCCN2S(C)(=O)=O. The Morgan fingerprint density at radius 3 is 2.90 bits per heavy atom. The van der Waals surface area contributed by atoms with E-state index >= 15 is 0 Å². The third kappa shape index (κ3) is 2.47. The second-order valence-corrected chi connectivity index (χ2v) is 7.61. The smallest absolute Gasteiger partial charge is 0.211 e. The maximum atomic E-state index is 11.8. The molecule has 112 valence electrons. The maximum Gasteiger partial charge on any atom is 0.211 e. The number of fused-ring (bicyclic) bond motifs is 1. The molecular weight excluding hydrogens is 280 g/mol. The molecular formula is C12H20N4O3S. The lowest BCUT2D eigenvalue weighted by molar-refractivity contribution is -0.0490. The predicted octanol–water partition coefficient (Wildman–Crippen LogP) is 0.0255. The Balaban J connectivity index is 1.76. The first-order valence-corrected chi connectivity index (χ1v) is 8.75. The van der Waals surface area contributed by atoms with Gasteiger partial charge >= 0.3 is 0 Å². The van der Waals surface area contributed by atoms with Crippen LogP contribution in [0.2, 0.25) is 0 Å². The minimum atomic E-state index is -3.16. The van der Waals surface area contributed by atoms with Crippen LogP contribution >= 0.6 is 0 Å². The lowest BCUT2D eigenvalue weighted by Crippen LogP contribution is -2.52. The Morgan fingerprint density at radius 2 is 2.25 bits per heavy atom. The Labute approximate surface area is 118 Å². The van der Waals surface area contributed by atoms with Gasteiger partial charge in [0.15, 0.2) is 0 Å². The molecule has 0 bridgehead atoms. The van der Waals surface area contributed by atoms with Gasteiger partial charge in [-0.2, -0.15) is 4.31 Å². The summed E-state index contributed by atoms with van der Waals surface area (Å²) in [7, 11) is -3.16. The highest BCUT2D eigenvalue weighted by molar-refractivity contribution is 7.88. The zero-order chi connectivity index (χ0) is 14.3. The van der Waals surface area contributed by atoms with Crippen LogP contribution in [0.5, 0.6) is 0 Å². The molecule has 2 aliphatic rings. The quantitative estimate of drug-likeness (QED) is 0.787. The van der Waals surface area contributed by atoms with Crippen molar-refractivity contribution >= 4 is 10.0 Å². The van der Waals surface area contributed by atoms with E-state index in [1.165, 1.54) is 6.26 Å². The van der Waals surface area contributed by atoms with Gasteiger partial charge < -0.3 is 4.74 Å². The minimum absolute atomic E-state index is 0.0208. The Bertz CT molecular complexity index is 585. The summed E-state index contributed by atoms with van der Waals surface area (Å²) in [5, 5.41) is 7.95. The fourth-order valence-corrected chi connectivity index (χ4v) is 4.47. The molecule has 0 radical (unpaired) electrons. The van der Waals surface area contributed by atoms with E-state index in [4.69, 9.17) is 4.74 Å². The van der Waals surface area contributed by atoms with E-state index < -0.39 is 10.0 Å². The van der Waals surface area contributed by atoms with Crippen LogP contribution in [0.3, 0.4) is 0 Å². The molecule has 8 heteroatoms. The minimum Gasteiger partial charge on any atom is -0.375 e. The molecule has 1 unspecified atom stereocenters. The summed E-state index contributed by atoms with van der Waals surface area (Å²) >= 11 is 0. The van der Waals surface area contributed by atoms with Gasteiger partial charge in [0.05, 0.1) is 36.9 Å². The Morgan fingerprint density at radius 1 is 1.45 bits per heavy atom. The largest absolute Gasteiger partial charge is 0.375 e. The molecule has 1 aliphatic heterocycles. The maximum absolute atomic E-state index is 11.8. The summed E-state index contributed by atoms with van der Waals surface area (Å²) in [4.78, 5) is 0. The number of ether oxygens (including phenoxy) is 1. The molecule has 1 aromatic heterocycles. The molecule has 20 heavy (non-hydrogen) atoms. The molecule has 1 saturated heterocycles. The molecule has 1 aliphatic carbocycles. The zero-order valence-corrected chi connectivity index (χ0v) is 12.6. The monoisotopic (exact) mass is 300 g/mol. The number of aromatic nitrogens is 3. The van der Waals surface area contributed by atoms with Gasteiger partial charge in [-0.1, -0.05) is 5.21 Å². The summed E-state index contributed by atoms with van der Waals surface area (Å²) in [5.74, 6) is 0.296. The Kier molecular flexibility index (Phi) is 3.55. The van der Waals surface area contributed by atoms with Crippen molar-refractivity contribution in [3.8, 4) is 0 Å². The number of aryl methyl sites for hydroxylation is 1. The molecule has 3 atom stereocenters. The molecule has 3 rings (SSSR count). The van der Waals surface area contributed by atoms with Crippen LogP contribution in [-0.4, -0.2) is 59.3 Å². The number of morpholine rings is 1. The van der Waals surface area contributed by atoms with Crippen LogP contribution in [0.1, 0.15) is 18.5 Å². The van der Waals surface area contributed by atoms with Crippen molar-refractivity contribution in [2.75, 3.05) is 19.4 Å². The van der Waals surface area contributed by atoms with E-state index in [0.29, 0.717) is 19.1 Å². The molecule has 0 N–H and O–H groups in total. The van der Waals surface area contributed by atoms with E-state index in [1.807, 2.05) is 11.6 Å². The summed E-state index contributed by atoms with van der Waals surface area (Å²) in [5.41, 5.74) is 1.02. The highest BCUT2D eigenvalue weighted by atomic mass is 32.2. The first-order chi connectivity index (χ1) is 9.47. The number of sulfonamides is 1. The van der Waals surface area contributed by atoms with Crippen molar-refractivity contribution in [1.29, 1.82) is 0 Å². The number of rotatable bonds is 3. The second-order valence-electron chi connectivity index (χ2n) is 5.67. The number of hydrogen-bond donors (Lipinski definition) is 0. The van der Waals surface area contributed by atoms with Gasteiger partial charge in [-0.15, -0.1) is 5.10 Å². The first-order valence-electron chi connectivity index (χ1n) is 6.90. The van der Waals surface area contributed by atoms with Gasteiger partial charge in [-0.25, -0.2) is 13.1 Å². The number of nitrogens with zero attached hydrogens (tertiary/aromatic N) is 4. The standard InChI is InChI=1S/C12H20N4O3S/c1-9-7-13-14-15(9)8-10-3-4-11-12(10)19-6-5-16(11)20(2,17)18/h7,10-12H,3-6,8H2,1-2H3/t10?,11-,12-/m1/s1. The molecule has 1 aromatic rings. The van der Waals surface area contributed by atoms with Crippen molar-refractivity contribution in [3.63, 3.8) is 0 Å². The summed E-state index contributed by atoms with van der Waals surface area (Å²) in [6.45, 7) is 3.65. The van der Waals surface area contributed by atoms with Crippen LogP contribution < -0.4 is 0 Å². The third-order valence-corrected chi connectivity index (χ3v) is 5.62. The van der Waals surface area contributed by atoms with Gasteiger partial charge in [-0.05, 0) is 19.8 Å². The molecule has 2 heterocycles. The molecule has 2 fully saturated rings. The average molecular weight is 300 g/mol. The van der Waals surface area contributed by atoms with E-state index in [2.05, 4.69) is 10.3 Å². The van der Waals surface area contributed by atoms with Gasteiger partial charge in [-0.3, -0.25) is 0 Å². The highest BCUT2D eigenvalue weighted by Crippen LogP contribution is 2.36. The fourth-order valence-electron chi connectivity index (χ4n) is 3.35. The fraction of sp³-hybridized carbons (Fsp3) is 0.833. The Hall–Kier alpha value is -0.990. The first kappa shape index (κ1) is 14.0. The van der Waals surface area contributed by atoms with Crippen LogP contribution in [0.15, 0.2) is 6.20 Å². The van der Waals surface area contributed by atoms with Crippen molar-refractivity contribution in [2.24, 2.45) is 5.92 Å². The van der Waals surface area contributed by atoms with Gasteiger partial charge in [0, 0.05) is 19.0 Å². The summed E-state index contributed by atoms with van der Waals surface area (Å²) in [6, 6.07) is -0.0208. The zero-order valence-electron chi connectivity index (χ0n) is 11.8. The molecule has 0 spiro atoms. The average Bonchev–Trinajstić information content (AvgIpc) is 2.96. The normalized spacial score (nSPS) is 31.4. The van der Waals surface area contributed by atoms with Crippen molar-refractivity contribution in [2.45, 2.75) is 38.5 Å². The van der Waals surface area contributed by atoms with Gasteiger partial charge in [0.25, 0.3) is 0 Å². The summed E-state index contributed by atoms with van der Waals surface area (Å²) in [6.07, 6.45) is 4.81. The van der Waals surface area contributed by atoms with Gasteiger partial charge in [0.1, 0.15) is 0 Å². The lowest BCUT2D eigenvalue weighted by atomic mass is 10.0. The predicted molar refractivity (Wildman–Crippen MR) is 72.6 cm³/mol. The van der Waals surface area contributed by atoms with Crippen molar-refractivity contribution < 1.29 is 13.2 Å². The van der Waals surface area contributed by atoms with Crippen molar-refractivity contribution in [1.82, 2.24) is 19.3 Å². The second kappa shape index (κ2) is 5.09. The van der Waals surface area contributed by atoms with Crippen LogP contribution in [0.4, 0.5) is 0 Å². The van der Waals surface area contributed by atoms with Crippen LogP contribution in [0.25, 0.3) is 0 Å². The van der Waals surface area contributed by atoms with Crippen LogP contribution in [-0.2, 0) is 21.3 Å². The lowest BCUT2D eigenvalue weighted by Gasteiger charge is -2.37. The van der Waals surface area contributed by atoms with E-state index in [9.17, 15) is 8.42 Å². The molecule has 0 amide bonds. The van der Waals surface area contributed by atoms with E-state index in [-0.39, 0.29) is 12.1 Å². The third-order valence-electron chi connectivity index (χ3n) is 4.31. The van der Waals surface area contributed by atoms with E-state index in [1.54, 1.807) is 10.5 Å². The number of hydrogen-bond acceptors (Lipinski definition) is 5. The van der Waals surface area contributed by atoms with Gasteiger partial charge in [0.2, 0.25) is 10.0 Å². The van der Waals surface area contributed by atoms with Crippen molar-refractivity contribution in [3.05, 3.63) is 11.9 Å². The summed E-state index contributed by atoms with van der Waals surface area (Å²) < 4.78 is 33.0. The molecule has 1 saturated carbocycles. The molecule has 0 aromatic carbocycles. The molecule has 7 nitrogen and oxygen atoms in total. The van der Waals surface area contributed by atoms with E-state index in [0.717, 1.165) is 25.1 Å². The van der Waals surface area contributed by atoms with Crippen LogP contribution in [0, 0.1) is 12.8 Å². The highest BCUT2D eigenvalue weighted by Gasteiger charge is 2.45. The topological polar surface area (TPSA) is 77.3 Å².